The lowest BCUT2D eigenvalue weighted by atomic mass is 10.1. The number of Topliss-reactive ketones (excluding diaryl/α,β-unsaturated/α-hetero) is 1. The van der Waals surface area contributed by atoms with Gasteiger partial charge in [0.05, 0.1) is 0 Å². The second kappa shape index (κ2) is 8.93. The van der Waals surface area contributed by atoms with E-state index in [2.05, 4.69) is 10.3 Å². The molecular formula is C23H21N3O3. The van der Waals surface area contributed by atoms with E-state index in [1.54, 1.807) is 42.3 Å². The Labute approximate surface area is 169 Å². The maximum Gasteiger partial charge on any atom is 0.274 e. The average Bonchev–Trinajstić information content (AvgIpc) is 2.74. The minimum Gasteiger partial charge on any atom is -0.337 e. The number of aromatic nitrogens is 1. The standard InChI is InChI=1S/C23H21N3O3/c1-16(27)18-8-10-20(11-9-18)25-22(28)21-14-19(12-13-24-21)23(29)26(2)15-17-6-4-3-5-7-17/h3-14H,15H2,1-2H3,(H,25,28). The Kier molecular flexibility index (Phi) is 6.14. The second-order valence-corrected chi connectivity index (χ2v) is 6.66. The molecule has 0 saturated carbocycles. The first kappa shape index (κ1) is 19.9. The normalized spacial score (nSPS) is 10.3. The number of amides is 2. The van der Waals surface area contributed by atoms with Gasteiger partial charge in [-0.2, -0.15) is 0 Å². The zero-order chi connectivity index (χ0) is 20.8. The van der Waals surface area contributed by atoms with E-state index in [4.69, 9.17) is 0 Å². The maximum absolute atomic E-state index is 12.7. The summed E-state index contributed by atoms with van der Waals surface area (Å²) in [4.78, 5) is 42.2. The molecule has 0 spiro atoms. The molecule has 146 valence electrons. The fourth-order valence-corrected chi connectivity index (χ4v) is 2.82. The zero-order valence-corrected chi connectivity index (χ0v) is 16.3. The Balaban J connectivity index is 1.70. The van der Waals surface area contributed by atoms with Crippen molar-refractivity contribution in [3.8, 4) is 0 Å². The van der Waals surface area contributed by atoms with Gasteiger partial charge in [-0.05, 0) is 48.9 Å². The van der Waals surface area contributed by atoms with Gasteiger partial charge in [-0.3, -0.25) is 19.4 Å². The first-order valence-corrected chi connectivity index (χ1v) is 9.12. The van der Waals surface area contributed by atoms with Crippen LogP contribution in [0.2, 0.25) is 0 Å². The topological polar surface area (TPSA) is 79.4 Å². The first-order chi connectivity index (χ1) is 13.9. The highest BCUT2D eigenvalue weighted by Crippen LogP contribution is 2.13. The second-order valence-electron chi connectivity index (χ2n) is 6.66. The summed E-state index contributed by atoms with van der Waals surface area (Å²) in [5.74, 6) is -0.674. The van der Waals surface area contributed by atoms with E-state index in [9.17, 15) is 14.4 Å². The number of nitrogens with zero attached hydrogens (tertiary/aromatic N) is 2. The molecule has 0 unspecified atom stereocenters. The van der Waals surface area contributed by atoms with E-state index in [-0.39, 0.29) is 17.4 Å². The molecule has 0 aliphatic heterocycles. The number of carbonyl (C=O) groups is 3. The van der Waals surface area contributed by atoms with E-state index in [0.717, 1.165) is 5.56 Å². The summed E-state index contributed by atoms with van der Waals surface area (Å²) in [6.45, 7) is 1.95. The predicted octanol–water partition coefficient (Wildman–Crippen LogP) is 3.81. The molecule has 2 amide bonds. The molecule has 0 aliphatic carbocycles. The molecule has 1 heterocycles. The SMILES string of the molecule is CC(=O)c1ccc(NC(=O)c2cc(C(=O)N(C)Cc3ccccc3)ccn2)cc1. The van der Waals surface area contributed by atoms with Crippen molar-refractivity contribution in [3.63, 3.8) is 0 Å². The number of hydrogen-bond acceptors (Lipinski definition) is 4. The summed E-state index contributed by atoms with van der Waals surface area (Å²) in [6, 6.07) is 19.3. The van der Waals surface area contributed by atoms with Gasteiger partial charge in [0, 0.05) is 36.6 Å². The van der Waals surface area contributed by atoms with Gasteiger partial charge >= 0.3 is 0 Å². The van der Waals surface area contributed by atoms with Crippen LogP contribution in [0.5, 0.6) is 0 Å². The molecular weight excluding hydrogens is 366 g/mol. The molecule has 29 heavy (non-hydrogen) atoms. The van der Waals surface area contributed by atoms with Gasteiger partial charge < -0.3 is 10.2 Å². The smallest absolute Gasteiger partial charge is 0.274 e. The Hall–Kier alpha value is -3.80. The number of nitrogens with one attached hydrogen (secondary N) is 1. The van der Waals surface area contributed by atoms with Gasteiger partial charge in [-0.25, -0.2) is 0 Å². The van der Waals surface area contributed by atoms with Crippen LogP contribution in [0, 0.1) is 0 Å². The minimum atomic E-state index is -0.430. The molecule has 0 bridgehead atoms. The molecule has 0 atom stereocenters. The average molecular weight is 387 g/mol. The van der Waals surface area contributed by atoms with Gasteiger partial charge in [-0.15, -0.1) is 0 Å². The third kappa shape index (κ3) is 5.13. The van der Waals surface area contributed by atoms with Crippen LogP contribution in [0.3, 0.4) is 0 Å². The molecule has 1 aromatic heterocycles. The van der Waals surface area contributed by atoms with Crippen molar-refractivity contribution in [2.45, 2.75) is 13.5 Å². The van der Waals surface area contributed by atoms with Gasteiger partial charge in [0.2, 0.25) is 0 Å². The maximum atomic E-state index is 12.7. The fraction of sp³-hybridized carbons (Fsp3) is 0.130. The van der Waals surface area contributed by atoms with E-state index >= 15 is 0 Å². The van der Waals surface area contributed by atoms with Crippen molar-refractivity contribution in [2.24, 2.45) is 0 Å². The summed E-state index contributed by atoms with van der Waals surface area (Å²) in [5.41, 5.74) is 2.65. The summed E-state index contributed by atoms with van der Waals surface area (Å²) >= 11 is 0. The number of anilines is 1. The van der Waals surface area contributed by atoms with Crippen LogP contribution in [0.1, 0.15) is 43.7 Å². The van der Waals surface area contributed by atoms with E-state index in [1.165, 1.54) is 19.2 Å². The quantitative estimate of drug-likeness (QED) is 0.653. The highest BCUT2D eigenvalue weighted by atomic mass is 16.2. The minimum absolute atomic E-state index is 0.0459. The van der Waals surface area contributed by atoms with Crippen LogP contribution in [0.4, 0.5) is 5.69 Å². The molecule has 6 nitrogen and oxygen atoms in total. The van der Waals surface area contributed by atoms with E-state index in [0.29, 0.717) is 23.4 Å². The predicted molar refractivity (Wildman–Crippen MR) is 111 cm³/mol. The highest BCUT2D eigenvalue weighted by molar-refractivity contribution is 6.05. The van der Waals surface area contributed by atoms with Gasteiger partial charge in [0.15, 0.2) is 5.78 Å². The summed E-state index contributed by atoms with van der Waals surface area (Å²) < 4.78 is 0. The number of ketones is 1. The third-order valence-electron chi connectivity index (χ3n) is 4.40. The molecule has 0 aliphatic rings. The number of hydrogen-bond donors (Lipinski definition) is 1. The zero-order valence-electron chi connectivity index (χ0n) is 16.3. The summed E-state index contributed by atoms with van der Waals surface area (Å²) in [5, 5.41) is 2.72. The summed E-state index contributed by atoms with van der Waals surface area (Å²) in [6.07, 6.45) is 1.44. The molecule has 3 aromatic rings. The Morgan fingerprint density at radius 3 is 2.28 bits per heavy atom. The first-order valence-electron chi connectivity index (χ1n) is 9.12. The Bertz CT molecular complexity index is 1030. The molecule has 1 N–H and O–H groups in total. The largest absolute Gasteiger partial charge is 0.337 e. The van der Waals surface area contributed by atoms with Crippen LogP contribution >= 0.6 is 0 Å². The van der Waals surface area contributed by atoms with Crippen molar-refractivity contribution < 1.29 is 14.4 Å². The van der Waals surface area contributed by atoms with Crippen molar-refractivity contribution in [1.82, 2.24) is 9.88 Å². The molecule has 0 saturated heterocycles. The van der Waals surface area contributed by atoms with Crippen molar-refractivity contribution >= 4 is 23.3 Å². The number of pyridine rings is 1. The molecule has 3 rings (SSSR count). The lowest BCUT2D eigenvalue weighted by molar-refractivity contribution is 0.0784. The molecule has 6 heteroatoms. The Morgan fingerprint density at radius 2 is 1.62 bits per heavy atom. The van der Waals surface area contributed by atoms with Crippen molar-refractivity contribution in [1.29, 1.82) is 0 Å². The summed E-state index contributed by atoms with van der Waals surface area (Å²) in [7, 11) is 1.71. The number of benzene rings is 2. The van der Waals surface area contributed by atoms with Crippen LogP contribution < -0.4 is 5.32 Å². The van der Waals surface area contributed by atoms with Crippen LogP contribution in [-0.2, 0) is 6.54 Å². The van der Waals surface area contributed by atoms with Gasteiger partial charge in [-0.1, -0.05) is 30.3 Å². The third-order valence-corrected chi connectivity index (χ3v) is 4.40. The van der Waals surface area contributed by atoms with Crippen molar-refractivity contribution in [2.75, 3.05) is 12.4 Å². The lowest BCUT2D eigenvalue weighted by Gasteiger charge is -2.17. The lowest BCUT2D eigenvalue weighted by Crippen LogP contribution is -2.26. The van der Waals surface area contributed by atoms with E-state index < -0.39 is 5.91 Å². The fourth-order valence-electron chi connectivity index (χ4n) is 2.82. The van der Waals surface area contributed by atoms with Crippen LogP contribution in [0.25, 0.3) is 0 Å². The van der Waals surface area contributed by atoms with Gasteiger partial charge in [0.25, 0.3) is 11.8 Å². The number of carbonyl (C=O) groups excluding carboxylic acids is 3. The monoisotopic (exact) mass is 387 g/mol. The number of rotatable bonds is 6. The van der Waals surface area contributed by atoms with Crippen LogP contribution in [0.15, 0.2) is 72.9 Å². The highest BCUT2D eigenvalue weighted by Gasteiger charge is 2.15. The van der Waals surface area contributed by atoms with Crippen molar-refractivity contribution in [3.05, 3.63) is 95.3 Å². The molecule has 0 fully saturated rings. The Morgan fingerprint density at radius 1 is 0.931 bits per heavy atom. The van der Waals surface area contributed by atoms with Gasteiger partial charge in [0.1, 0.15) is 5.69 Å². The van der Waals surface area contributed by atoms with Crippen LogP contribution in [-0.4, -0.2) is 34.5 Å². The molecule has 0 radical (unpaired) electrons. The van der Waals surface area contributed by atoms with E-state index in [1.807, 2.05) is 30.3 Å². The molecule has 2 aromatic carbocycles.